The van der Waals surface area contributed by atoms with Crippen LogP contribution in [0.1, 0.15) is 41.5 Å². The molecule has 5 nitrogen and oxygen atoms in total. The zero-order chi connectivity index (χ0) is 19.0. The van der Waals surface area contributed by atoms with Gasteiger partial charge < -0.3 is 0 Å². The highest BCUT2D eigenvalue weighted by Crippen LogP contribution is 2.29. The van der Waals surface area contributed by atoms with E-state index in [1.165, 1.54) is 22.5 Å². The van der Waals surface area contributed by atoms with Gasteiger partial charge in [0.1, 0.15) is 0 Å². The zero-order valence-electron chi connectivity index (χ0n) is 16.8. The Morgan fingerprint density at radius 2 is 1.70 bits per heavy atom. The summed E-state index contributed by atoms with van der Waals surface area (Å²) in [5.74, 6) is 0. The molecule has 5 heteroatoms. The molecule has 0 saturated carbocycles. The van der Waals surface area contributed by atoms with Gasteiger partial charge in [0.05, 0.1) is 17.4 Å². The average molecular weight is 364 g/mol. The molecule has 1 aliphatic rings. The van der Waals surface area contributed by atoms with Gasteiger partial charge in [-0.3, -0.25) is 14.3 Å². The maximum Gasteiger partial charge on any atom is 0.0970 e. The van der Waals surface area contributed by atoms with Gasteiger partial charge in [0, 0.05) is 49.2 Å². The molecule has 0 atom stereocenters. The fourth-order valence-electron chi connectivity index (χ4n) is 4.23. The molecule has 0 amide bonds. The fraction of sp³-hybridized carbons (Fsp3) is 0.455. The van der Waals surface area contributed by atoms with E-state index in [4.69, 9.17) is 10.2 Å². The first-order valence-corrected chi connectivity index (χ1v) is 9.86. The van der Waals surface area contributed by atoms with Crippen LogP contribution in [0.5, 0.6) is 0 Å². The van der Waals surface area contributed by atoms with Gasteiger partial charge in [0.15, 0.2) is 0 Å². The first kappa shape index (κ1) is 18.0. The molecular weight excluding hydrogens is 334 g/mol. The number of piperidine rings is 1. The number of benzene rings is 1. The van der Waals surface area contributed by atoms with Crippen LogP contribution in [0.25, 0.3) is 11.3 Å². The van der Waals surface area contributed by atoms with E-state index < -0.39 is 0 Å². The van der Waals surface area contributed by atoms with Gasteiger partial charge in [-0.15, -0.1) is 0 Å². The van der Waals surface area contributed by atoms with E-state index >= 15 is 0 Å². The molecule has 3 aromatic rings. The minimum absolute atomic E-state index is 0.526. The lowest BCUT2D eigenvalue weighted by molar-refractivity contribution is 0.172. The van der Waals surface area contributed by atoms with Crippen molar-refractivity contribution in [3.05, 3.63) is 59.0 Å². The van der Waals surface area contributed by atoms with E-state index in [0.717, 1.165) is 43.9 Å². The van der Waals surface area contributed by atoms with Crippen molar-refractivity contribution in [3.63, 3.8) is 0 Å². The summed E-state index contributed by atoms with van der Waals surface area (Å²) in [6.07, 6.45) is 2.31. The Morgan fingerprint density at radius 1 is 1.00 bits per heavy atom. The average Bonchev–Trinajstić information content (AvgIpc) is 3.16. The van der Waals surface area contributed by atoms with Crippen molar-refractivity contribution >= 4 is 0 Å². The summed E-state index contributed by atoms with van der Waals surface area (Å²) < 4.78 is 4.25. The summed E-state index contributed by atoms with van der Waals surface area (Å²) in [6.45, 7) is 9.59. The SMILES string of the molecule is Cc1cc(C)n(C2CCN(Cc3c(-c4ccccc4)nn(C)c3C)CC2)n1. The number of hydrogen-bond donors (Lipinski definition) is 0. The predicted molar refractivity (Wildman–Crippen MR) is 109 cm³/mol. The third-order valence-electron chi connectivity index (χ3n) is 5.83. The Balaban J connectivity index is 1.49. The minimum atomic E-state index is 0.526. The molecule has 1 fully saturated rings. The van der Waals surface area contributed by atoms with E-state index in [-0.39, 0.29) is 0 Å². The Hall–Kier alpha value is -2.40. The lowest BCUT2D eigenvalue weighted by atomic mass is 10.0. The van der Waals surface area contributed by atoms with Crippen LogP contribution < -0.4 is 0 Å². The molecule has 4 rings (SSSR count). The number of aromatic nitrogens is 4. The van der Waals surface area contributed by atoms with E-state index in [1.54, 1.807) is 0 Å². The highest BCUT2D eigenvalue weighted by atomic mass is 15.3. The Bertz CT molecular complexity index is 914. The molecule has 0 aliphatic carbocycles. The van der Waals surface area contributed by atoms with Crippen molar-refractivity contribution in [1.29, 1.82) is 0 Å². The normalized spacial score (nSPS) is 16.1. The molecule has 0 spiro atoms. The second-order valence-corrected chi connectivity index (χ2v) is 7.78. The number of hydrogen-bond acceptors (Lipinski definition) is 3. The molecule has 142 valence electrons. The van der Waals surface area contributed by atoms with Crippen molar-refractivity contribution < 1.29 is 0 Å². The third kappa shape index (κ3) is 3.56. The summed E-state index contributed by atoms with van der Waals surface area (Å²) in [5.41, 5.74) is 7.33. The fourth-order valence-corrected chi connectivity index (χ4v) is 4.23. The second-order valence-electron chi connectivity index (χ2n) is 7.78. The van der Waals surface area contributed by atoms with Crippen LogP contribution >= 0.6 is 0 Å². The number of rotatable bonds is 4. The van der Waals surface area contributed by atoms with Crippen molar-refractivity contribution in [2.24, 2.45) is 7.05 Å². The molecule has 1 aliphatic heterocycles. The smallest absolute Gasteiger partial charge is 0.0970 e. The first-order valence-electron chi connectivity index (χ1n) is 9.86. The molecule has 1 saturated heterocycles. The summed E-state index contributed by atoms with van der Waals surface area (Å²) in [7, 11) is 2.04. The van der Waals surface area contributed by atoms with E-state index in [9.17, 15) is 0 Å². The highest BCUT2D eigenvalue weighted by Gasteiger charge is 2.24. The second kappa shape index (κ2) is 7.31. The summed E-state index contributed by atoms with van der Waals surface area (Å²) >= 11 is 0. The van der Waals surface area contributed by atoms with Crippen molar-refractivity contribution in [2.45, 2.75) is 46.2 Å². The molecule has 27 heavy (non-hydrogen) atoms. The van der Waals surface area contributed by atoms with Crippen LogP contribution in [0, 0.1) is 20.8 Å². The maximum atomic E-state index is 4.80. The van der Waals surface area contributed by atoms with E-state index in [2.05, 4.69) is 66.8 Å². The lowest BCUT2D eigenvalue weighted by Crippen LogP contribution is -2.35. The van der Waals surface area contributed by atoms with E-state index in [0.29, 0.717) is 6.04 Å². The highest BCUT2D eigenvalue weighted by molar-refractivity contribution is 5.63. The molecule has 0 bridgehead atoms. The molecule has 0 radical (unpaired) electrons. The Kier molecular flexibility index (Phi) is 4.87. The van der Waals surface area contributed by atoms with Crippen molar-refractivity contribution in [2.75, 3.05) is 13.1 Å². The van der Waals surface area contributed by atoms with Gasteiger partial charge in [0.2, 0.25) is 0 Å². The van der Waals surface area contributed by atoms with Crippen molar-refractivity contribution in [1.82, 2.24) is 24.5 Å². The summed E-state index contributed by atoms with van der Waals surface area (Å²) in [6, 6.07) is 13.2. The Morgan fingerprint density at radius 3 is 2.33 bits per heavy atom. The molecule has 0 N–H and O–H groups in total. The predicted octanol–water partition coefficient (Wildman–Crippen LogP) is 4.05. The molecule has 2 aromatic heterocycles. The van der Waals surface area contributed by atoms with Crippen LogP contribution in [0.2, 0.25) is 0 Å². The van der Waals surface area contributed by atoms with Gasteiger partial charge in [0.25, 0.3) is 0 Å². The monoisotopic (exact) mass is 363 g/mol. The van der Waals surface area contributed by atoms with Crippen LogP contribution in [0.4, 0.5) is 0 Å². The van der Waals surface area contributed by atoms with E-state index in [1.807, 2.05) is 11.7 Å². The molecule has 1 aromatic carbocycles. The van der Waals surface area contributed by atoms with Crippen LogP contribution in [-0.2, 0) is 13.6 Å². The number of nitrogens with zero attached hydrogens (tertiary/aromatic N) is 5. The van der Waals surface area contributed by atoms with Crippen LogP contribution in [0.15, 0.2) is 36.4 Å². The van der Waals surface area contributed by atoms with Crippen LogP contribution in [0.3, 0.4) is 0 Å². The molecule has 0 unspecified atom stereocenters. The van der Waals surface area contributed by atoms with Crippen LogP contribution in [-0.4, -0.2) is 37.6 Å². The lowest BCUT2D eigenvalue weighted by Gasteiger charge is -2.32. The molecule has 3 heterocycles. The van der Waals surface area contributed by atoms with Gasteiger partial charge in [-0.25, -0.2) is 0 Å². The van der Waals surface area contributed by atoms with Gasteiger partial charge in [-0.1, -0.05) is 30.3 Å². The number of aryl methyl sites for hydroxylation is 3. The summed E-state index contributed by atoms with van der Waals surface area (Å²) in [4.78, 5) is 2.57. The standard InChI is InChI=1S/C22H29N5/c1-16-14-17(2)27(23-16)20-10-12-26(13-11-20)15-21-18(3)25(4)24-22(21)19-8-6-5-7-9-19/h5-9,14,20H,10-13,15H2,1-4H3. The largest absolute Gasteiger partial charge is 0.299 e. The van der Waals surface area contributed by atoms with Crippen molar-refractivity contribution in [3.8, 4) is 11.3 Å². The topological polar surface area (TPSA) is 38.9 Å². The molecular formula is C22H29N5. The Labute approximate surface area is 161 Å². The van der Waals surface area contributed by atoms with Gasteiger partial charge >= 0.3 is 0 Å². The number of likely N-dealkylation sites (tertiary alicyclic amines) is 1. The summed E-state index contributed by atoms with van der Waals surface area (Å²) in [5, 5.41) is 9.50. The third-order valence-corrected chi connectivity index (χ3v) is 5.83. The first-order chi connectivity index (χ1) is 13.0. The minimum Gasteiger partial charge on any atom is -0.299 e. The quantitative estimate of drug-likeness (QED) is 0.702. The maximum absolute atomic E-state index is 4.80. The van der Waals surface area contributed by atoms with Gasteiger partial charge in [-0.2, -0.15) is 10.2 Å². The van der Waals surface area contributed by atoms with Gasteiger partial charge in [-0.05, 0) is 39.7 Å². The zero-order valence-corrected chi connectivity index (χ0v) is 16.8.